The molecule has 0 saturated carbocycles. The van der Waals surface area contributed by atoms with Gasteiger partial charge in [-0.3, -0.25) is 4.57 Å². The predicted molar refractivity (Wildman–Crippen MR) is 53.0 cm³/mol. The minimum Gasteiger partial charge on any atom is -0.392 e. The molecule has 4 nitrogen and oxygen atoms in total. The average Bonchev–Trinajstić information content (AvgIpc) is 2.26. The molecule has 0 aliphatic heterocycles. The Labute approximate surface area is 84.6 Å². The smallest absolute Gasteiger partial charge is 0.288 e. The Morgan fingerprint density at radius 3 is 2.50 bits per heavy atom. The quantitative estimate of drug-likeness (QED) is 0.428. The van der Waals surface area contributed by atoms with E-state index in [1.807, 2.05) is 18.2 Å². The van der Waals surface area contributed by atoms with Crippen LogP contribution in [0.4, 0.5) is 0 Å². The van der Waals surface area contributed by atoms with Crippen molar-refractivity contribution in [2.75, 3.05) is 7.11 Å². The molecule has 0 bridgehead atoms. The van der Waals surface area contributed by atoms with Crippen molar-refractivity contribution in [2.45, 2.75) is 13.2 Å². The van der Waals surface area contributed by atoms with Gasteiger partial charge in [0.2, 0.25) is 0 Å². The lowest BCUT2D eigenvalue weighted by atomic mass is 10.3. The fraction of sp³-hybridized carbons (Fsp3) is 0.333. The molecule has 0 aliphatic carbocycles. The second-order valence-corrected chi connectivity index (χ2v) is 3.18. The molecule has 0 amide bonds. The van der Waals surface area contributed by atoms with Gasteiger partial charge >= 0.3 is 0 Å². The minimum atomic E-state index is -0.366. The minimum absolute atomic E-state index is 0.234. The molecular weight excluding hydrogens is 201 g/mol. The van der Waals surface area contributed by atoms with Gasteiger partial charge in [0.05, 0.1) is 0 Å². The topological polar surface area (TPSA) is 38.8 Å². The van der Waals surface area contributed by atoms with Crippen LogP contribution in [-0.4, -0.2) is 18.2 Å². The highest BCUT2D eigenvalue weighted by molar-refractivity contribution is 7.20. The summed E-state index contributed by atoms with van der Waals surface area (Å²) in [5, 5.41) is 0. The SMILES string of the molecule is COC(C)N(Oc1ccccc1)P=O. The van der Waals surface area contributed by atoms with Crippen molar-refractivity contribution in [1.29, 1.82) is 0 Å². The highest BCUT2D eigenvalue weighted by Crippen LogP contribution is 2.17. The summed E-state index contributed by atoms with van der Waals surface area (Å²) in [6.45, 7) is 1.74. The lowest BCUT2D eigenvalue weighted by Gasteiger charge is -2.19. The van der Waals surface area contributed by atoms with Crippen LogP contribution < -0.4 is 4.84 Å². The molecule has 1 aromatic rings. The summed E-state index contributed by atoms with van der Waals surface area (Å²) in [5.41, 5.74) is 0. The number of hydrogen-bond acceptors (Lipinski definition) is 3. The van der Waals surface area contributed by atoms with Gasteiger partial charge in [0.15, 0.2) is 6.23 Å². The molecule has 1 unspecified atom stereocenters. The Morgan fingerprint density at radius 1 is 1.36 bits per heavy atom. The van der Waals surface area contributed by atoms with E-state index < -0.39 is 0 Å². The molecule has 1 atom stereocenters. The van der Waals surface area contributed by atoms with Crippen molar-refractivity contribution >= 4 is 8.61 Å². The second kappa shape index (κ2) is 5.70. The largest absolute Gasteiger partial charge is 0.392 e. The first-order chi connectivity index (χ1) is 6.77. The van der Waals surface area contributed by atoms with Crippen molar-refractivity contribution in [3.63, 3.8) is 0 Å². The normalized spacial score (nSPS) is 13.1. The summed E-state index contributed by atoms with van der Waals surface area (Å²) in [6.07, 6.45) is -0.366. The first kappa shape index (κ1) is 11.1. The van der Waals surface area contributed by atoms with Crippen LogP contribution >= 0.6 is 8.61 Å². The summed E-state index contributed by atoms with van der Waals surface area (Å²) in [7, 11) is 1.29. The van der Waals surface area contributed by atoms with Crippen molar-refractivity contribution in [3.05, 3.63) is 30.3 Å². The van der Waals surface area contributed by atoms with E-state index in [4.69, 9.17) is 9.57 Å². The number of benzene rings is 1. The maximum Gasteiger partial charge on any atom is 0.288 e. The number of hydrogen-bond donors (Lipinski definition) is 0. The van der Waals surface area contributed by atoms with Gasteiger partial charge < -0.3 is 9.57 Å². The molecule has 0 saturated heterocycles. The zero-order valence-corrected chi connectivity index (χ0v) is 8.98. The summed E-state index contributed by atoms with van der Waals surface area (Å²) >= 11 is 0. The zero-order chi connectivity index (χ0) is 10.4. The number of methoxy groups -OCH3 is 1. The van der Waals surface area contributed by atoms with Gasteiger partial charge in [-0.15, -0.1) is 0 Å². The summed E-state index contributed by atoms with van der Waals surface area (Å²) in [6, 6.07) is 9.12. The molecule has 0 radical (unpaired) electrons. The Hall–Kier alpha value is -0.960. The van der Waals surface area contributed by atoms with Gasteiger partial charge in [-0.25, -0.2) is 0 Å². The molecule has 76 valence electrons. The monoisotopic (exact) mass is 213 g/mol. The third-order valence-corrected chi connectivity index (χ3v) is 2.24. The fourth-order valence-electron chi connectivity index (χ4n) is 0.837. The van der Waals surface area contributed by atoms with Crippen LogP contribution in [0.1, 0.15) is 6.92 Å². The molecule has 0 heterocycles. The summed E-state index contributed by atoms with van der Waals surface area (Å²) < 4.78 is 15.7. The predicted octanol–water partition coefficient (Wildman–Crippen LogP) is 2.48. The van der Waals surface area contributed by atoms with Crippen LogP contribution in [0.15, 0.2) is 30.3 Å². The van der Waals surface area contributed by atoms with Crippen molar-refractivity contribution in [2.24, 2.45) is 0 Å². The third kappa shape index (κ3) is 3.07. The van der Waals surface area contributed by atoms with E-state index in [2.05, 4.69) is 0 Å². The number of nitrogens with zero attached hydrogens (tertiary/aromatic N) is 1. The summed E-state index contributed by atoms with van der Waals surface area (Å²) in [5.74, 6) is 0.625. The van der Waals surface area contributed by atoms with Crippen LogP contribution in [0, 0.1) is 0 Å². The van der Waals surface area contributed by atoms with Crippen molar-refractivity contribution < 1.29 is 14.1 Å². The van der Waals surface area contributed by atoms with Crippen LogP contribution in [0.5, 0.6) is 5.75 Å². The van der Waals surface area contributed by atoms with Gasteiger partial charge in [0.1, 0.15) is 5.75 Å². The van der Waals surface area contributed by atoms with Crippen LogP contribution in [-0.2, 0) is 9.30 Å². The zero-order valence-electron chi connectivity index (χ0n) is 8.08. The van der Waals surface area contributed by atoms with E-state index in [1.54, 1.807) is 19.1 Å². The maximum absolute atomic E-state index is 10.7. The Morgan fingerprint density at radius 2 is 2.00 bits per heavy atom. The van der Waals surface area contributed by atoms with E-state index in [0.717, 1.165) is 0 Å². The van der Waals surface area contributed by atoms with Crippen molar-refractivity contribution in [1.82, 2.24) is 4.83 Å². The number of hydroxylamine groups is 1. The van der Waals surface area contributed by atoms with Gasteiger partial charge in [0.25, 0.3) is 8.61 Å². The second-order valence-electron chi connectivity index (χ2n) is 2.62. The summed E-state index contributed by atoms with van der Waals surface area (Å²) in [4.78, 5) is 6.50. The molecular formula is C9H12NO3P. The molecule has 0 spiro atoms. The van der Waals surface area contributed by atoms with E-state index in [-0.39, 0.29) is 14.8 Å². The molecule has 14 heavy (non-hydrogen) atoms. The van der Waals surface area contributed by atoms with E-state index in [0.29, 0.717) is 5.75 Å². The Balaban J connectivity index is 2.61. The van der Waals surface area contributed by atoms with Crippen molar-refractivity contribution in [3.8, 4) is 5.75 Å². The molecule has 1 aromatic carbocycles. The lowest BCUT2D eigenvalue weighted by molar-refractivity contribution is -0.104. The van der Waals surface area contributed by atoms with Crippen LogP contribution in [0.2, 0.25) is 0 Å². The first-order valence-corrected chi connectivity index (χ1v) is 4.92. The van der Waals surface area contributed by atoms with Gasteiger partial charge in [-0.05, 0) is 23.9 Å². The highest BCUT2D eigenvalue weighted by atomic mass is 31.1. The molecule has 0 N–H and O–H groups in total. The number of rotatable bonds is 5. The Bertz CT molecular complexity index is 281. The molecule has 0 aliphatic rings. The lowest BCUT2D eigenvalue weighted by Crippen LogP contribution is -2.28. The fourth-order valence-corrected chi connectivity index (χ4v) is 1.19. The van der Waals surface area contributed by atoms with E-state index >= 15 is 0 Å². The highest BCUT2D eigenvalue weighted by Gasteiger charge is 2.14. The van der Waals surface area contributed by atoms with E-state index in [1.165, 1.54) is 11.9 Å². The van der Waals surface area contributed by atoms with E-state index in [9.17, 15) is 4.57 Å². The van der Waals surface area contributed by atoms with Gasteiger partial charge in [-0.2, -0.15) is 0 Å². The first-order valence-electron chi connectivity index (χ1n) is 4.16. The molecule has 5 heteroatoms. The van der Waals surface area contributed by atoms with Gasteiger partial charge in [0, 0.05) is 7.11 Å². The van der Waals surface area contributed by atoms with Gasteiger partial charge in [-0.1, -0.05) is 18.2 Å². The number of para-hydroxylation sites is 1. The third-order valence-electron chi connectivity index (χ3n) is 1.67. The molecule has 0 aromatic heterocycles. The maximum atomic E-state index is 10.7. The Kier molecular flexibility index (Phi) is 4.53. The van der Waals surface area contributed by atoms with Crippen LogP contribution in [0.3, 0.4) is 0 Å². The molecule has 1 rings (SSSR count). The number of ether oxygens (including phenoxy) is 1. The van der Waals surface area contributed by atoms with Crippen LogP contribution in [0.25, 0.3) is 0 Å². The average molecular weight is 213 g/mol. The standard InChI is InChI=1S/C9H12NO3P/c1-8(12-2)10(14-11)13-9-6-4-3-5-7-9/h3-8H,1-2H3. The molecule has 0 fully saturated rings.